The van der Waals surface area contributed by atoms with E-state index in [0.29, 0.717) is 6.42 Å². The minimum Gasteiger partial charge on any atom is -0.399 e. The van der Waals surface area contributed by atoms with E-state index in [1.54, 1.807) is 0 Å². The molecule has 0 aliphatic rings. The molecule has 17 heavy (non-hydrogen) atoms. The lowest BCUT2D eigenvalue weighted by atomic mass is 10.0. The van der Waals surface area contributed by atoms with Gasteiger partial charge in [-0.1, -0.05) is 13.8 Å². The molecule has 0 amide bonds. The highest BCUT2D eigenvalue weighted by atomic mass is 19.1. The van der Waals surface area contributed by atoms with Gasteiger partial charge in [0.2, 0.25) is 0 Å². The minimum atomic E-state index is -0.717. The number of aliphatic hydroxyl groups is 1. The molecule has 1 aromatic carbocycles. The molecule has 1 rings (SSSR count). The number of hydrogen-bond donors (Lipinski definition) is 3. The number of benzene rings is 1. The predicted octanol–water partition coefficient (Wildman–Crippen LogP) is 2.37. The minimum absolute atomic E-state index is 0.0337. The molecule has 3 nitrogen and oxygen atoms in total. The standard InChI is InChI=1S/C12H18F2N2O/c1-7(2)11(3-4-17)16-12-9(13)5-8(15)6-10(12)14/h5-7,11,16-17H,3-4,15H2,1-2H3. The second-order valence-electron chi connectivity index (χ2n) is 4.37. The van der Waals surface area contributed by atoms with Crippen LogP contribution in [0.25, 0.3) is 0 Å². The Labute approximate surface area is 99.6 Å². The number of nitrogens with one attached hydrogen (secondary N) is 1. The van der Waals surface area contributed by atoms with Gasteiger partial charge in [-0.05, 0) is 24.5 Å². The first-order chi connectivity index (χ1) is 7.95. The maximum Gasteiger partial charge on any atom is 0.151 e. The van der Waals surface area contributed by atoms with Gasteiger partial charge in [-0.3, -0.25) is 0 Å². The third-order valence-electron chi connectivity index (χ3n) is 2.64. The van der Waals surface area contributed by atoms with E-state index in [2.05, 4.69) is 5.32 Å². The largest absolute Gasteiger partial charge is 0.399 e. The SMILES string of the molecule is CC(C)C(CCO)Nc1c(F)cc(N)cc1F. The van der Waals surface area contributed by atoms with Gasteiger partial charge in [-0.2, -0.15) is 0 Å². The van der Waals surface area contributed by atoms with Crippen molar-refractivity contribution in [3.8, 4) is 0 Å². The van der Waals surface area contributed by atoms with Crippen LogP contribution in [0, 0.1) is 17.6 Å². The summed E-state index contributed by atoms with van der Waals surface area (Å²) >= 11 is 0. The van der Waals surface area contributed by atoms with Crippen LogP contribution < -0.4 is 11.1 Å². The number of aliphatic hydroxyl groups excluding tert-OH is 1. The van der Waals surface area contributed by atoms with Gasteiger partial charge in [0, 0.05) is 18.3 Å². The van der Waals surface area contributed by atoms with Crippen molar-refractivity contribution in [2.24, 2.45) is 5.92 Å². The van der Waals surface area contributed by atoms with Crippen molar-refractivity contribution in [1.82, 2.24) is 0 Å². The molecule has 1 aromatic rings. The van der Waals surface area contributed by atoms with E-state index in [9.17, 15) is 8.78 Å². The van der Waals surface area contributed by atoms with Crippen molar-refractivity contribution in [3.05, 3.63) is 23.8 Å². The molecule has 1 unspecified atom stereocenters. The van der Waals surface area contributed by atoms with Gasteiger partial charge in [-0.25, -0.2) is 8.78 Å². The molecule has 0 saturated carbocycles. The highest BCUT2D eigenvalue weighted by molar-refractivity contribution is 5.54. The first-order valence-electron chi connectivity index (χ1n) is 5.57. The van der Waals surface area contributed by atoms with Crippen molar-refractivity contribution in [1.29, 1.82) is 0 Å². The summed E-state index contributed by atoms with van der Waals surface area (Å²) in [6.45, 7) is 3.80. The Morgan fingerprint density at radius 3 is 2.24 bits per heavy atom. The molecule has 0 heterocycles. The fourth-order valence-electron chi connectivity index (χ4n) is 1.63. The topological polar surface area (TPSA) is 58.3 Å². The molecule has 0 saturated heterocycles. The second-order valence-corrected chi connectivity index (χ2v) is 4.37. The first kappa shape index (κ1) is 13.7. The molecule has 0 fully saturated rings. The molecular weight excluding hydrogens is 226 g/mol. The first-order valence-corrected chi connectivity index (χ1v) is 5.57. The zero-order valence-electron chi connectivity index (χ0n) is 10.0. The molecule has 0 bridgehead atoms. The second kappa shape index (κ2) is 5.82. The van der Waals surface area contributed by atoms with Gasteiger partial charge in [-0.15, -0.1) is 0 Å². The summed E-state index contributed by atoms with van der Waals surface area (Å²) < 4.78 is 27.1. The van der Waals surface area contributed by atoms with E-state index in [1.807, 2.05) is 13.8 Å². The molecule has 4 N–H and O–H groups in total. The van der Waals surface area contributed by atoms with Crippen molar-refractivity contribution in [3.63, 3.8) is 0 Å². The van der Waals surface area contributed by atoms with Gasteiger partial charge in [0.25, 0.3) is 0 Å². The van der Waals surface area contributed by atoms with Gasteiger partial charge in [0.05, 0.1) is 0 Å². The zero-order chi connectivity index (χ0) is 13.0. The molecule has 0 radical (unpaired) electrons. The monoisotopic (exact) mass is 244 g/mol. The predicted molar refractivity (Wildman–Crippen MR) is 64.7 cm³/mol. The average Bonchev–Trinajstić information content (AvgIpc) is 2.21. The van der Waals surface area contributed by atoms with E-state index in [1.165, 1.54) is 0 Å². The quantitative estimate of drug-likeness (QED) is 0.697. The Morgan fingerprint density at radius 2 is 1.82 bits per heavy atom. The van der Waals surface area contributed by atoms with Crippen LogP contribution in [0.4, 0.5) is 20.2 Å². The average molecular weight is 244 g/mol. The lowest BCUT2D eigenvalue weighted by Gasteiger charge is -2.23. The van der Waals surface area contributed by atoms with E-state index in [0.717, 1.165) is 12.1 Å². The fraction of sp³-hybridized carbons (Fsp3) is 0.500. The van der Waals surface area contributed by atoms with Crippen LogP contribution in [0.1, 0.15) is 20.3 Å². The lowest BCUT2D eigenvalue weighted by molar-refractivity contribution is 0.267. The van der Waals surface area contributed by atoms with Gasteiger partial charge in [0.15, 0.2) is 11.6 Å². The summed E-state index contributed by atoms with van der Waals surface area (Å²) in [5.41, 5.74) is 5.19. The van der Waals surface area contributed by atoms with Crippen LogP contribution in [0.5, 0.6) is 0 Å². The Hall–Kier alpha value is -1.36. The molecule has 96 valence electrons. The summed E-state index contributed by atoms with van der Waals surface area (Å²) in [5.74, 6) is -1.28. The van der Waals surface area contributed by atoms with E-state index >= 15 is 0 Å². The van der Waals surface area contributed by atoms with Crippen LogP contribution in [-0.2, 0) is 0 Å². The zero-order valence-corrected chi connectivity index (χ0v) is 10.0. The number of hydrogen-bond acceptors (Lipinski definition) is 3. The van der Waals surface area contributed by atoms with Gasteiger partial charge in [0.1, 0.15) is 5.69 Å². The van der Waals surface area contributed by atoms with Gasteiger partial charge < -0.3 is 16.2 Å². The summed E-state index contributed by atoms with van der Waals surface area (Å²) in [6, 6.07) is 1.95. The van der Waals surface area contributed by atoms with E-state index in [4.69, 9.17) is 10.8 Å². The Balaban J connectivity index is 2.93. The normalized spacial score (nSPS) is 12.8. The maximum atomic E-state index is 13.5. The maximum absolute atomic E-state index is 13.5. The Bertz CT molecular complexity index is 360. The van der Waals surface area contributed by atoms with Crippen molar-refractivity contribution >= 4 is 11.4 Å². The number of anilines is 2. The summed E-state index contributed by atoms with van der Waals surface area (Å²) in [7, 11) is 0. The van der Waals surface area contributed by atoms with Crippen LogP contribution in [0.2, 0.25) is 0 Å². The smallest absolute Gasteiger partial charge is 0.151 e. The van der Waals surface area contributed by atoms with Crippen molar-refractivity contribution in [2.45, 2.75) is 26.3 Å². The molecule has 0 aromatic heterocycles. The van der Waals surface area contributed by atoms with Crippen LogP contribution >= 0.6 is 0 Å². The van der Waals surface area contributed by atoms with Crippen LogP contribution in [0.3, 0.4) is 0 Å². The molecule has 0 spiro atoms. The summed E-state index contributed by atoms with van der Waals surface area (Å²) in [5, 5.41) is 11.7. The summed E-state index contributed by atoms with van der Waals surface area (Å²) in [6.07, 6.45) is 0.431. The van der Waals surface area contributed by atoms with Crippen LogP contribution in [-0.4, -0.2) is 17.8 Å². The number of nitrogens with two attached hydrogens (primary N) is 1. The summed E-state index contributed by atoms with van der Waals surface area (Å²) in [4.78, 5) is 0. The third kappa shape index (κ3) is 3.56. The number of nitrogen functional groups attached to an aromatic ring is 1. The fourth-order valence-corrected chi connectivity index (χ4v) is 1.63. The lowest BCUT2D eigenvalue weighted by Crippen LogP contribution is -2.27. The highest BCUT2D eigenvalue weighted by Gasteiger charge is 2.17. The van der Waals surface area contributed by atoms with E-state index in [-0.39, 0.29) is 29.9 Å². The van der Waals surface area contributed by atoms with Gasteiger partial charge >= 0.3 is 0 Å². The molecule has 1 atom stereocenters. The highest BCUT2D eigenvalue weighted by Crippen LogP contribution is 2.24. The Morgan fingerprint density at radius 1 is 1.29 bits per heavy atom. The molecular formula is C12H18F2N2O. The molecule has 0 aliphatic carbocycles. The Kier molecular flexibility index (Phi) is 4.69. The van der Waals surface area contributed by atoms with Crippen molar-refractivity contribution in [2.75, 3.05) is 17.7 Å². The third-order valence-corrected chi connectivity index (χ3v) is 2.64. The number of rotatable bonds is 5. The molecule has 5 heteroatoms. The number of halogens is 2. The van der Waals surface area contributed by atoms with Crippen molar-refractivity contribution < 1.29 is 13.9 Å². The van der Waals surface area contributed by atoms with E-state index < -0.39 is 11.6 Å². The molecule has 0 aliphatic heterocycles. The van der Waals surface area contributed by atoms with Crippen LogP contribution in [0.15, 0.2) is 12.1 Å².